The second kappa shape index (κ2) is 8.93. The number of hydrogen-bond donors (Lipinski definition) is 3. The van der Waals surface area contributed by atoms with Crippen molar-refractivity contribution < 1.29 is 9.84 Å². The second-order valence-electron chi connectivity index (χ2n) is 2.72. The van der Waals surface area contributed by atoms with Crippen LogP contribution in [-0.4, -0.2) is 44.1 Å². The summed E-state index contributed by atoms with van der Waals surface area (Å²) >= 11 is 0. The van der Waals surface area contributed by atoms with E-state index in [1.165, 1.54) is 0 Å². The van der Waals surface area contributed by atoms with Gasteiger partial charge in [0.2, 0.25) is 0 Å². The quantitative estimate of drug-likeness (QED) is 0.429. The van der Waals surface area contributed by atoms with Gasteiger partial charge in [-0.1, -0.05) is 6.92 Å². The molecule has 0 aliphatic rings. The van der Waals surface area contributed by atoms with Crippen LogP contribution in [-0.2, 0) is 4.74 Å². The first-order valence-electron chi connectivity index (χ1n) is 4.47. The van der Waals surface area contributed by atoms with Crippen molar-refractivity contribution in [2.75, 3.05) is 32.8 Å². The van der Waals surface area contributed by atoms with Gasteiger partial charge in [-0.2, -0.15) is 0 Å². The zero-order valence-electron chi connectivity index (χ0n) is 7.75. The summed E-state index contributed by atoms with van der Waals surface area (Å²) in [6.07, 6.45) is 0.575. The van der Waals surface area contributed by atoms with E-state index in [4.69, 9.17) is 10.5 Å². The Balaban J connectivity index is 3.04. The summed E-state index contributed by atoms with van der Waals surface area (Å²) in [4.78, 5) is 0. The molecule has 0 aliphatic carbocycles. The lowest BCUT2D eigenvalue weighted by molar-refractivity contribution is 0.0375. The number of nitrogens with one attached hydrogen (secondary N) is 1. The lowest BCUT2D eigenvalue weighted by Gasteiger charge is -2.11. The molecule has 0 bridgehead atoms. The number of aliphatic hydroxyl groups excluding tert-OH is 1. The average molecular weight is 176 g/mol. The minimum absolute atomic E-state index is 0.408. The Morgan fingerprint density at radius 2 is 2.33 bits per heavy atom. The fourth-order valence-electron chi connectivity index (χ4n) is 0.793. The van der Waals surface area contributed by atoms with E-state index < -0.39 is 6.10 Å². The summed E-state index contributed by atoms with van der Waals surface area (Å²) < 4.78 is 5.15. The van der Waals surface area contributed by atoms with E-state index in [0.29, 0.717) is 26.3 Å². The maximum atomic E-state index is 9.27. The summed E-state index contributed by atoms with van der Waals surface area (Å²) in [6.45, 7) is 5.06. The molecular weight excluding hydrogens is 156 g/mol. The van der Waals surface area contributed by atoms with Gasteiger partial charge >= 0.3 is 0 Å². The minimum atomic E-state index is -0.414. The van der Waals surface area contributed by atoms with Crippen LogP contribution in [0.2, 0.25) is 0 Å². The van der Waals surface area contributed by atoms with E-state index in [-0.39, 0.29) is 0 Å². The highest BCUT2D eigenvalue weighted by Crippen LogP contribution is 1.85. The number of rotatable bonds is 8. The highest BCUT2D eigenvalue weighted by molar-refractivity contribution is 4.57. The molecule has 0 aliphatic heterocycles. The van der Waals surface area contributed by atoms with Crippen LogP contribution in [0.5, 0.6) is 0 Å². The van der Waals surface area contributed by atoms with Gasteiger partial charge in [-0.15, -0.1) is 0 Å². The van der Waals surface area contributed by atoms with Crippen molar-refractivity contribution in [2.24, 2.45) is 5.73 Å². The van der Waals surface area contributed by atoms with Gasteiger partial charge in [0.25, 0.3) is 0 Å². The highest BCUT2D eigenvalue weighted by Gasteiger charge is 2.01. The number of hydrogen-bond acceptors (Lipinski definition) is 4. The molecule has 0 unspecified atom stereocenters. The molecule has 0 saturated heterocycles. The molecule has 0 radical (unpaired) electrons. The van der Waals surface area contributed by atoms with E-state index in [2.05, 4.69) is 5.32 Å². The van der Waals surface area contributed by atoms with Crippen molar-refractivity contribution in [1.29, 1.82) is 0 Å². The van der Waals surface area contributed by atoms with Crippen molar-refractivity contribution in [3.8, 4) is 0 Å². The summed E-state index contributed by atoms with van der Waals surface area (Å²) in [7, 11) is 0. The molecule has 4 nitrogen and oxygen atoms in total. The van der Waals surface area contributed by atoms with Crippen molar-refractivity contribution in [2.45, 2.75) is 19.4 Å². The van der Waals surface area contributed by atoms with Crippen LogP contribution >= 0.6 is 0 Å². The third kappa shape index (κ3) is 7.94. The third-order valence-electron chi connectivity index (χ3n) is 1.36. The van der Waals surface area contributed by atoms with Gasteiger partial charge in [0.05, 0.1) is 12.7 Å². The molecule has 0 heterocycles. The zero-order valence-corrected chi connectivity index (χ0v) is 7.75. The monoisotopic (exact) mass is 176 g/mol. The maximum Gasteiger partial charge on any atom is 0.0897 e. The van der Waals surface area contributed by atoms with Crippen LogP contribution in [0.1, 0.15) is 13.3 Å². The molecular formula is C8H20N2O2. The van der Waals surface area contributed by atoms with Gasteiger partial charge in [0.1, 0.15) is 0 Å². The van der Waals surface area contributed by atoms with Gasteiger partial charge in [-0.3, -0.25) is 0 Å². The largest absolute Gasteiger partial charge is 0.389 e. The van der Waals surface area contributed by atoms with Crippen LogP contribution < -0.4 is 11.1 Å². The molecule has 0 fully saturated rings. The molecule has 0 aromatic carbocycles. The smallest absolute Gasteiger partial charge is 0.0897 e. The maximum absolute atomic E-state index is 9.27. The molecule has 0 spiro atoms. The van der Waals surface area contributed by atoms with E-state index >= 15 is 0 Å². The topological polar surface area (TPSA) is 67.5 Å². The van der Waals surface area contributed by atoms with Crippen molar-refractivity contribution >= 4 is 0 Å². The Bertz CT molecular complexity index is 81.1. The highest BCUT2D eigenvalue weighted by atomic mass is 16.5. The third-order valence-corrected chi connectivity index (χ3v) is 1.36. The van der Waals surface area contributed by atoms with Gasteiger partial charge in [-0.25, -0.2) is 0 Å². The molecule has 0 aromatic heterocycles. The second-order valence-corrected chi connectivity index (χ2v) is 2.72. The summed E-state index contributed by atoms with van der Waals surface area (Å²) in [5.41, 5.74) is 5.26. The molecule has 4 heteroatoms. The first kappa shape index (κ1) is 11.8. The van der Waals surface area contributed by atoms with Gasteiger partial charge in [0, 0.05) is 26.2 Å². The van der Waals surface area contributed by atoms with E-state index in [9.17, 15) is 5.11 Å². The molecule has 12 heavy (non-hydrogen) atoms. The Kier molecular flexibility index (Phi) is 8.81. The van der Waals surface area contributed by atoms with Gasteiger partial charge < -0.3 is 20.9 Å². The lowest BCUT2D eigenvalue weighted by atomic mass is 10.4. The Morgan fingerprint density at radius 3 is 2.92 bits per heavy atom. The van der Waals surface area contributed by atoms with E-state index in [1.807, 2.05) is 6.92 Å². The molecule has 1 atom stereocenters. The molecule has 4 N–H and O–H groups in total. The standard InChI is InChI=1S/C8H20N2O2/c1-2-5-12-7-8(11)6-10-4-3-9/h8,10-11H,2-7,9H2,1H3/t8-/m1/s1. The fraction of sp³-hybridized carbons (Fsp3) is 1.00. The van der Waals surface area contributed by atoms with Crippen molar-refractivity contribution in [1.82, 2.24) is 5.32 Å². The predicted octanol–water partition coefficient (Wildman–Crippen LogP) is -0.678. The SMILES string of the molecule is CCCOC[C@H](O)CNCCN. The predicted molar refractivity (Wildman–Crippen MR) is 49.0 cm³/mol. The number of ether oxygens (including phenoxy) is 1. The normalized spacial score (nSPS) is 13.2. The van der Waals surface area contributed by atoms with Crippen molar-refractivity contribution in [3.63, 3.8) is 0 Å². The van der Waals surface area contributed by atoms with Crippen LogP contribution in [0.4, 0.5) is 0 Å². The van der Waals surface area contributed by atoms with Crippen LogP contribution in [0.15, 0.2) is 0 Å². The minimum Gasteiger partial charge on any atom is -0.389 e. The average Bonchev–Trinajstić information content (AvgIpc) is 2.06. The lowest BCUT2D eigenvalue weighted by Crippen LogP contribution is -2.33. The first-order valence-corrected chi connectivity index (χ1v) is 4.47. The number of aliphatic hydroxyl groups is 1. The zero-order chi connectivity index (χ0) is 9.23. The van der Waals surface area contributed by atoms with E-state index in [0.717, 1.165) is 13.0 Å². The Labute approximate surface area is 74.1 Å². The molecule has 0 aromatic rings. The number of nitrogens with two attached hydrogens (primary N) is 1. The Morgan fingerprint density at radius 1 is 1.58 bits per heavy atom. The van der Waals surface area contributed by atoms with E-state index in [1.54, 1.807) is 0 Å². The molecule has 0 amide bonds. The van der Waals surface area contributed by atoms with Crippen LogP contribution in [0, 0.1) is 0 Å². The van der Waals surface area contributed by atoms with Crippen LogP contribution in [0.3, 0.4) is 0 Å². The summed E-state index contributed by atoms with van der Waals surface area (Å²) in [5, 5.41) is 12.3. The molecule has 74 valence electrons. The van der Waals surface area contributed by atoms with Crippen LogP contribution in [0.25, 0.3) is 0 Å². The van der Waals surface area contributed by atoms with Crippen molar-refractivity contribution in [3.05, 3.63) is 0 Å². The molecule has 0 saturated carbocycles. The first-order chi connectivity index (χ1) is 5.81. The molecule has 0 rings (SSSR count). The summed E-state index contributed by atoms with van der Waals surface area (Å²) in [5.74, 6) is 0. The Hall–Kier alpha value is -0.160. The van der Waals surface area contributed by atoms with Gasteiger partial charge in [-0.05, 0) is 6.42 Å². The summed E-state index contributed by atoms with van der Waals surface area (Å²) in [6, 6.07) is 0. The van der Waals surface area contributed by atoms with Gasteiger partial charge in [0.15, 0.2) is 0 Å². The fourth-order valence-corrected chi connectivity index (χ4v) is 0.793.